The van der Waals surface area contributed by atoms with Crippen molar-refractivity contribution in [2.24, 2.45) is 0 Å². The Bertz CT molecular complexity index is 44.3. The van der Waals surface area contributed by atoms with E-state index < -0.39 is 0 Å². The molecule has 0 aliphatic heterocycles. The highest BCUT2D eigenvalue weighted by Crippen LogP contribution is 1.96. The van der Waals surface area contributed by atoms with Gasteiger partial charge in [0.05, 0.1) is 13.2 Å². The van der Waals surface area contributed by atoms with Crippen LogP contribution in [0.5, 0.6) is 0 Å². The largest absolute Gasteiger partial charge is 0.396 e. The van der Waals surface area contributed by atoms with Crippen LogP contribution in [-0.2, 0) is 4.74 Å². The van der Waals surface area contributed by atoms with Crippen molar-refractivity contribution in [1.82, 2.24) is 0 Å². The van der Waals surface area contributed by atoms with Crippen LogP contribution >= 0.6 is 11.8 Å². The summed E-state index contributed by atoms with van der Waals surface area (Å²) in [5, 5.41) is 8.35. The molecular weight excluding hydrogens is 136 g/mol. The molecule has 0 heterocycles. The van der Waals surface area contributed by atoms with Gasteiger partial charge < -0.3 is 9.84 Å². The highest BCUT2D eigenvalue weighted by Gasteiger charge is 1.85. The van der Waals surface area contributed by atoms with Gasteiger partial charge in [-0.15, -0.1) is 0 Å². The summed E-state index contributed by atoms with van der Waals surface area (Å²) in [6, 6.07) is 0. The number of hydrogen-bond acceptors (Lipinski definition) is 3. The van der Waals surface area contributed by atoms with E-state index in [-0.39, 0.29) is 6.61 Å². The number of hydrogen-bond donors (Lipinski definition) is 1. The van der Waals surface area contributed by atoms with Crippen LogP contribution in [0, 0.1) is 6.92 Å². The molecule has 0 aromatic rings. The lowest BCUT2D eigenvalue weighted by atomic mass is 10.8. The van der Waals surface area contributed by atoms with Crippen molar-refractivity contribution in [2.45, 2.75) is 0 Å². The quantitative estimate of drug-likeness (QED) is 0.560. The molecule has 9 heavy (non-hydrogen) atoms. The van der Waals surface area contributed by atoms with Gasteiger partial charge in [0, 0.05) is 18.1 Å². The van der Waals surface area contributed by atoms with E-state index in [9.17, 15) is 0 Å². The molecule has 1 N–H and O–H groups in total. The van der Waals surface area contributed by atoms with E-state index >= 15 is 0 Å². The Kier molecular flexibility index (Phi) is 8.52. The van der Waals surface area contributed by atoms with E-state index in [4.69, 9.17) is 9.84 Å². The molecule has 0 atom stereocenters. The molecular formula is C6H13O2S. The average molecular weight is 149 g/mol. The molecule has 2 nitrogen and oxygen atoms in total. The average Bonchev–Trinajstić information content (AvgIpc) is 1.89. The van der Waals surface area contributed by atoms with Crippen LogP contribution in [-0.4, -0.2) is 36.4 Å². The van der Waals surface area contributed by atoms with Crippen LogP contribution in [0.15, 0.2) is 0 Å². The van der Waals surface area contributed by atoms with Crippen LogP contribution in [0.3, 0.4) is 0 Å². The van der Waals surface area contributed by atoms with Crippen LogP contribution in [0.4, 0.5) is 0 Å². The molecule has 0 aliphatic carbocycles. The molecule has 0 saturated carbocycles. The molecule has 0 unspecified atom stereocenters. The Labute approximate surface area is 60.6 Å². The van der Waals surface area contributed by atoms with Crippen molar-refractivity contribution in [3.63, 3.8) is 0 Å². The Balaban J connectivity index is 2.60. The van der Waals surface area contributed by atoms with Gasteiger partial charge in [0.2, 0.25) is 0 Å². The van der Waals surface area contributed by atoms with E-state index in [1.807, 2.05) is 0 Å². The molecule has 0 aliphatic rings. The highest BCUT2D eigenvalue weighted by molar-refractivity contribution is 7.99. The predicted molar refractivity (Wildman–Crippen MR) is 40.6 cm³/mol. The summed E-state index contributed by atoms with van der Waals surface area (Å²) in [6.45, 7) is 5.07. The first kappa shape index (κ1) is 9.27. The molecule has 0 amide bonds. The van der Waals surface area contributed by atoms with Gasteiger partial charge >= 0.3 is 0 Å². The molecule has 0 aromatic carbocycles. The van der Waals surface area contributed by atoms with Crippen molar-refractivity contribution in [3.05, 3.63) is 6.92 Å². The topological polar surface area (TPSA) is 29.5 Å². The summed E-state index contributed by atoms with van der Waals surface area (Å²) in [5.41, 5.74) is 0. The number of aliphatic hydroxyl groups is 1. The minimum absolute atomic E-state index is 0.259. The highest BCUT2D eigenvalue weighted by atomic mass is 32.2. The smallest absolute Gasteiger partial charge is 0.0556 e. The zero-order valence-electron chi connectivity index (χ0n) is 5.51. The van der Waals surface area contributed by atoms with Gasteiger partial charge in [0.25, 0.3) is 0 Å². The first-order chi connectivity index (χ1) is 4.41. The summed E-state index contributed by atoms with van der Waals surface area (Å²) < 4.78 is 4.97. The summed E-state index contributed by atoms with van der Waals surface area (Å²) in [4.78, 5) is 0. The number of aliphatic hydroxyl groups excluding tert-OH is 1. The molecule has 3 heteroatoms. The minimum Gasteiger partial charge on any atom is -0.396 e. The Morgan fingerprint density at radius 2 is 2.22 bits per heavy atom. The van der Waals surface area contributed by atoms with Crippen LogP contribution < -0.4 is 0 Å². The van der Waals surface area contributed by atoms with E-state index in [1.54, 1.807) is 11.8 Å². The molecule has 55 valence electrons. The van der Waals surface area contributed by atoms with Gasteiger partial charge in [-0.05, 0) is 6.92 Å². The maximum Gasteiger partial charge on any atom is 0.0556 e. The van der Waals surface area contributed by atoms with Crippen LogP contribution in [0.25, 0.3) is 0 Å². The van der Waals surface area contributed by atoms with Gasteiger partial charge in [-0.2, -0.15) is 11.8 Å². The van der Waals surface area contributed by atoms with Gasteiger partial charge in [0.1, 0.15) is 0 Å². The Hall–Kier alpha value is 0.270. The fourth-order valence-electron chi connectivity index (χ4n) is 0.387. The first-order valence-electron chi connectivity index (χ1n) is 2.97. The van der Waals surface area contributed by atoms with Gasteiger partial charge in [-0.1, -0.05) is 0 Å². The molecule has 1 radical (unpaired) electrons. The van der Waals surface area contributed by atoms with Gasteiger partial charge in [-0.25, -0.2) is 0 Å². The summed E-state index contributed by atoms with van der Waals surface area (Å²) in [6.07, 6.45) is 0. The van der Waals surface area contributed by atoms with E-state index in [0.29, 0.717) is 6.61 Å². The second kappa shape index (κ2) is 8.27. The lowest BCUT2D eigenvalue weighted by molar-refractivity contribution is 0.179. The number of thioether (sulfide) groups is 1. The molecule has 0 spiro atoms. The van der Waals surface area contributed by atoms with Crippen molar-refractivity contribution in [1.29, 1.82) is 0 Å². The standard InChI is InChI=1S/C6H13O2S/c1-2-8-4-6-9-5-3-7/h7H,1-6H2. The number of rotatable bonds is 6. The first-order valence-corrected chi connectivity index (χ1v) is 4.13. The zero-order valence-corrected chi connectivity index (χ0v) is 6.32. The lowest BCUT2D eigenvalue weighted by Gasteiger charge is -1.98. The van der Waals surface area contributed by atoms with E-state index in [1.165, 1.54) is 0 Å². The van der Waals surface area contributed by atoms with E-state index in [0.717, 1.165) is 18.1 Å². The normalized spacial score (nSPS) is 10.0. The fourth-order valence-corrected chi connectivity index (χ4v) is 0.955. The van der Waals surface area contributed by atoms with Crippen LogP contribution in [0.2, 0.25) is 0 Å². The SMILES string of the molecule is [CH2]COCCSCCO. The van der Waals surface area contributed by atoms with Gasteiger partial charge in [0.15, 0.2) is 0 Å². The predicted octanol–water partition coefficient (Wildman–Crippen LogP) is 0.563. The lowest BCUT2D eigenvalue weighted by Crippen LogP contribution is -1.98. The summed E-state index contributed by atoms with van der Waals surface area (Å²) >= 11 is 1.69. The monoisotopic (exact) mass is 149 g/mol. The third kappa shape index (κ3) is 8.27. The fraction of sp³-hybridized carbons (Fsp3) is 0.833. The second-order valence-electron chi connectivity index (χ2n) is 1.45. The van der Waals surface area contributed by atoms with E-state index in [2.05, 4.69) is 6.92 Å². The third-order valence-electron chi connectivity index (χ3n) is 0.752. The van der Waals surface area contributed by atoms with Crippen molar-refractivity contribution in [3.8, 4) is 0 Å². The summed E-state index contributed by atoms with van der Waals surface area (Å²) in [5.74, 6) is 1.76. The molecule has 0 rings (SSSR count). The number of ether oxygens (including phenoxy) is 1. The van der Waals surface area contributed by atoms with Crippen LogP contribution in [0.1, 0.15) is 0 Å². The molecule has 0 aromatic heterocycles. The van der Waals surface area contributed by atoms with Crippen molar-refractivity contribution >= 4 is 11.8 Å². The van der Waals surface area contributed by atoms with Crippen molar-refractivity contribution < 1.29 is 9.84 Å². The Morgan fingerprint density at radius 3 is 2.78 bits per heavy atom. The van der Waals surface area contributed by atoms with Gasteiger partial charge in [-0.3, -0.25) is 0 Å². The maximum atomic E-state index is 8.35. The summed E-state index contributed by atoms with van der Waals surface area (Å²) in [7, 11) is 0. The molecule has 0 fully saturated rings. The second-order valence-corrected chi connectivity index (χ2v) is 2.67. The third-order valence-corrected chi connectivity index (χ3v) is 1.68. The molecule has 0 bridgehead atoms. The maximum absolute atomic E-state index is 8.35. The zero-order chi connectivity index (χ0) is 6.95. The minimum atomic E-state index is 0.259. The molecule has 0 saturated heterocycles. The van der Waals surface area contributed by atoms with Crippen molar-refractivity contribution in [2.75, 3.05) is 31.3 Å². The Morgan fingerprint density at radius 1 is 1.44 bits per heavy atom.